The highest BCUT2D eigenvalue weighted by Gasteiger charge is 2.29. The minimum absolute atomic E-state index is 0.00597. The number of alkyl carbamates (subject to hydrolysis) is 1. The first-order valence-corrected chi connectivity index (χ1v) is 6.71. The summed E-state index contributed by atoms with van der Waals surface area (Å²) in [7, 11) is 0. The van der Waals surface area contributed by atoms with Crippen molar-refractivity contribution in [3.05, 3.63) is 0 Å². The highest BCUT2D eigenvalue weighted by molar-refractivity contribution is 7.81. The van der Waals surface area contributed by atoms with Gasteiger partial charge in [0.25, 0.3) is 0 Å². The van der Waals surface area contributed by atoms with E-state index in [1.807, 2.05) is 20.8 Å². The maximum atomic E-state index is 11.6. The summed E-state index contributed by atoms with van der Waals surface area (Å²) in [6.07, 6.45) is 2.13. The Balaban J connectivity index is 2.37. The van der Waals surface area contributed by atoms with Gasteiger partial charge in [-0.1, -0.05) is 6.92 Å². The van der Waals surface area contributed by atoms with Gasteiger partial charge in [-0.25, -0.2) is 4.79 Å². The van der Waals surface area contributed by atoms with Gasteiger partial charge in [0, 0.05) is 11.3 Å². The normalized spacial score (nSPS) is 29.8. The molecule has 17 heavy (non-hydrogen) atoms. The molecule has 100 valence electrons. The Morgan fingerprint density at radius 3 is 2.71 bits per heavy atom. The number of aliphatic hydroxyl groups is 1. The molecule has 0 saturated heterocycles. The van der Waals surface area contributed by atoms with Gasteiger partial charge in [0.1, 0.15) is 5.60 Å². The lowest BCUT2D eigenvalue weighted by molar-refractivity contribution is 0.0307. The third kappa shape index (κ3) is 4.76. The van der Waals surface area contributed by atoms with Gasteiger partial charge in [-0.05, 0) is 39.5 Å². The minimum Gasteiger partial charge on any atom is -0.444 e. The van der Waals surface area contributed by atoms with Gasteiger partial charge in [-0.3, -0.25) is 0 Å². The molecule has 1 aliphatic carbocycles. The van der Waals surface area contributed by atoms with Crippen LogP contribution in [-0.4, -0.2) is 34.2 Å². The Hall–Kier alpha value is -0.420. The van der Waals surface area contributed by atoms with Crippen LogP contribution in [0.4, 0.5) is 4.79 Å². The highest BCUT2D eigenvalue weighted by atomic mass is 32.1. The van der Waals surface area contributed by atoms with Crippen molar-refractivity contribution in [3.8, 4) is 0 Å². The molecule has 1 rings (SSSR count). The molecule has 2 N–H and O–H groups in total. The second kappa shape index (κ2) is 5.96. The second-order valence-corrected chi connectivity index (χ2v) is 5.96. The van der Waals surface area contributed by atoms with Crippen LogP contribution < -0.4 is 5.32 Å². The number of ether oxygens (including phenoxy) is 1. The first-order chi connectivity index (χ1) is 7.84. The Labute approximate surface area is 109 Å². The summed E-state index contributed by atoms with van der Waals surface area (Å²) in [5.41, 5.74) is -0.441. The van der Waals surface area contributed by atoms with Crippen molar-refractivity contribution in [2.75, 3.05) is 0 Å². The van der Waals surface area contributed by atoms with Crippen LogP contribution in [0.1, 0.15) is 46.5 Å². The summed E-state index contributed by atoms with van der Waals surface area (Å²) >= 11 is 4.28. The van der Waals surface area contributed by atoms with Crippen LogP contribution >= 0.6 is 12.6 Å². The molecular formula is C12H23NO3S. The van der Waals surface area contributed by atoms with Crippen LogP contribution in [-0.2, 0) is 4.74 Å². The quantitative estimate of drug-likeness (QED) is 0.682. The van der Waals surface area contributed by atoms with E-state index < -0.39 is 17.8 Å². The number of amides is 1. The van der Waals surface area contributed by atoms with Crippen LogP contribution in [0, 0.1) is 0 Å². The van der Waals surface area contributed by atoms with Crippen LogP contribution in [0.15, 0.2) is 0 Å². The number of carbonyl (C=O) groups is 1. The summed E-state index contributed by atoms with van der Waals surface area (Å²) in [4.78, 5) is 11.6. The molecule has 0 radical (unpaired) electrons. The molecule has 0 aliphatic heterocycles. The van der Waals surface area contributed by atoms with E-state index in [1.54, 1.807) is 0 Å². The zero-order chi connectivity index (χ0) is 13.1. The molecule has 0 bridgehead atoms. The molecular weight excluding hydrogens is 238 g/mol. The van der Waals surface area contributed by atoms with E-state index in [2.05, 4.69) is 17.9 Å². The fourth-order valence-electron chi connectivity index (χ4n) is 1.78. The topological polar surface area (TPSA) is 58.6 Å². The van der Waals surface area contributed by atoms with Gasteiger partial charge < -0.3 is 15.2 Å². The minimum atomic E-state index is -0.448. The number of carbonyl (C=O) groups excluding carboxylic acids is 1. The molecule has 0 aromatic heterocycles. The van der Waals surface area contributed by atoms with E-state index in [9.17, 15) is 9.90 Å². The second-order valence-electron chi connectivity index (χ2n) is 5.29. The van der Waals surface area contributed by atoms with Gasteiger partial charge in [0.15, 0.2) is 0 Å². The van der Waals surface area contributed by atoms with Gasteiger partial charge in [0.05, 0.1) is 6.10 Å². The molecule has 0 heterocycles. The molecule has 1 fully saturated rings. The molecule has 1 aliphatic rings. The smallest absolute Gasteiger partial charge is 0.407 e. The van der Waals surface area contributed by atoms with Crippen molar-refractivity contribution in [2.45, 2.75) is 69.5 Å². The van der Waals surface area contributed by atoms with Crippen molar-refractivity contribution >= 4 is 18.7 Å². The van der Waals surface area contributed by atoms with Crippen LogP contribution in [0.3, 0.4) is 0 Å². The number of rotatable bonds is 3. The van der Waals surface area contributed by atoms with Gasteiger partial charge in [-0.15, -0.1) is 0 Å². The number of nitrogens with one attached hydrogen (secondary N) is 1. The molecule has 0 spiro atoms. The van der Waals surface area contributed by atoms with Crippen molar-refractivity contribution in [3.63, 3.8) is 0 Å². The van der Waals surface area contributed by atoms with Gasteiger partial charge in [-0.2, -0.15) is 12.6 Å². The van der Waals surface area contributed by atoms with Gasteiger partial charge >= 0.3 is 6.09 Å². The lowest BCUT2D eigenvalue weighted by atomic mass is 9.92. The third-order valence-electron chi connectivity index (χ3n) is 3.32. The maximum absolute atomic E-state index is 11.6. The van der Waals surface area contributed by atoms with E-state index >= 15 is 0 Å². The number of hydrogen-bond donors (Lipinski definition) is 3. The standard InChI is InChI=1S/C12H23NO3S/c1-4-12(2,3)16-11(15)13-8-5-6-10(17)9(14)7-8/h8-10,14,17H,4-7H2,1-3H3,(H,13,15). The summed E-state index contributed by atoms with van der Waals surface area (Å²) in [5.74, 6) is 0. The first kappa shape index (κ1) is 14.6. The molecule has 3 atom stereocenters. The van der Waals surface area contributed by atoms with E-state index in [0.29, 0.717) is 6.42 Å². The molecule has 0 aromatic carbocycles. The maximum Gasteiger partial charge on any atom is 0.407 e. The van der Waals surface area contributed by atoms with E-state index in [0.717, 1.165) is 19.3 Å². The Bertz CT molecular complexity index is 270. The Morgan fingerprint density at radius 2 is 2.18 bits per heavy atom. The Kier molecular flexibility index (Phi) is 5.13. The Morgan fingerprint density at radius 1 is 1.53 bits per heavy atom. The van der Waals surface area contributed by atoms with Crippen LogP contribution in [0.5, 0.6) is 0 Å². The van der Waals surface area contributed by atoms with E-state index in [1.165, 1.54) is 0 Å². The zero-order valence-electron chi connectivity index (χ0n) is 10.8. The average molecular weight is 261 g/mol. The highest BCUT2D eigenvalue weighted by Crippen LogP contribution is 2.23. The first-order valence-electron chi connectivity index (χ1n) is 6.19. The summed E-state index contributed by atoms with van der Waals surface area (Å²) in [6, 6.07) is -0.00597. The number of thiol groups is 1. The lowest BCUT2D eigenvalue weighted by Gasteiger charge is -2.32. The van der Waals surface area contributed by atoms with Crippen molar-refractivity contribution in [1.29, 1.82) is 0 Å². The average Bonchev–Trinajstić information content (AvgIpc) is 2.23. The predicted octanol–water partition coefficient (Wildman–Crippen LogP) is 2.11. The van der Waals surface area contributed by atoms with Crippen LogP contribution in [0.25, 0.3) is 0 Å². The van der Waals surface area contributed by atoms with Gasteiger partial charge in [0.2, 0.25) is 0 Å². The SMILES string of the molecule is CCC(C)(C)OC(=O)NC1CCC(S)C(O)C1. The lowest BCUT2D eigenvalue weighted by Crippen LogP contribution is -2.45. The fraction of sp³-hybridized carbons (Fsp3) is 0.917. The zero-order valence-corrected chi connectivity index (χ0v) is 11.7. The monoisotopic (exact) mass is 261 g/mol. The molecule has 5 heteroatoms. The van der Waals surface area contributed by atoms with E-state index in [-0.39, 0.29) is 11.3 Å². The van der Waals surface area contributed by atoms with Crippen molar-refractivity contribution in [1.82, 2.24) is 5.32 Å². The third-order valence-corrected chi connectivity index (χ3v) is 3.93. The fourth-order valence-corrected chi connectivity index (χ4v) is 2.05. The number of hydrogen-bond acceptors (Lipinski definition) is 4. The predicted molar refractivity (Wildman–Crippen MR) is 70.4 cm³/mol. The van der Waals surface area contributed by atoms with E-state index in [4.69, 9.17) is 4.74 Å². The molecule has 3 unspecified atom stereocenters. The summed E-state index contributed by atoms with van der Waals surface area (Å²) in [5, 5.41) is 12.5. The summed E-state index contributed by atoms with van der Waals surface area (Å²) < 4.78 is 5.30. The van der Waals surface area contributed by atoms with Crippen molar-refractivity contribution in [2.24, 2.45) is 0 Å². The molecule has 1 amide bonds. The number of aliphatic hydroxyl groups excluding tert-OH is 1. The van der Waals surface area contributed by atoms with Crippen molar-refractivity contribution < 1.29 is 14.6 Å². The summed E-state index contributed by atoms with van der Waals surface area (Å²) in [6.45, 7) is 5.74. The molecule has 1 saturated carbocycles. The largest absolute Gasteiger partial charge is 0.444 e. The molecule has 4 nitrogen and oxygen atoms in total. The van der Waals surface area contributed by atoms with Crippen LogP contribution in [0.2, 0.25) is 0 Å². The molecule has 0 aromatic rings.